The van der Waals surface area contributed by atoms with Crippen LogP contribution in [0.2, 0.25) is 0 Å². The molecule has 0 aliphatic carbocycles. The Kier molecular flexibility index (Phi) is 6.86. The molecule has 2 aromatic carbocycles. The summed E-state index contributed by atoms with van der Waals surface area (Å²) in [4.78, 5) is 27.2. The molecule has 0 aliphatic rings. The number of benzene rings is 2. The summed E-state index contributed by atoms with van der Waals surface area (Å²) in [6, 6.07) is 14.7. The van der Waals surface area contributed by atoms with Gasteiger partial charge in [-0.2, -0.15) is 13.2 Å². The van der Waals surface area contributed by atoms with Crippen LogP contribution in [-0.2, 0) is 6.18 Å². The molecule has 0 spiro atoms. The third kappa shape index (κ3) is 5.27. The first kappa shape index (κ1) is 24.6. The zero-order chi connectivity index (χ0) is 25.9. The zero-order valence-corrected chi connectivity index (χ0v) is 19.7. The molecule has 7 nitrogen and oxygen atoms in total. The third-order valence-electron chi connectivity index (χ3n) is 5.43. The lowest BCUT2D eigenvalue weighted by Gasteiger charge is -2.20. The number of rotatable bonds is 6. The largest absolute Gasteiger partial charge is 0.438 e. The van der Waals surface area contributed by atoms with E-state index in [9.17, 15) is 18.0 Å². The Morgan fingerprint density at radius 3 is 2.56 bits per heavy atom. The normalized spacial score (nSPS) is 11.2. The maximum absolute atomic E-state index is 13.1. The first-order valence-corrected chi connectivity index (χ1v) is 10.9. The first-order chi connectivity index (χ1) is 17.2. The zero-order valence-electron chi connectivity index (χ0n) is 19.7. The van der Waals surface area contributed by atoms with Crippen LogP contribution in [0.1, 0.15) is 21.5 Å². The van der Waals surface area contributed by atoms with Crippen LogP contribution in [0.5, 0.6) is 11.6 Å². The first-order valence-electron chi connectivity index (χ1n) is 10.9. The molecular weight excluding hydrogens is 471 g/mol. The molecule has 184 valence electrons. The highest BCUT2D eigenvalue weighted by Crippen LogP contribution is 2.34. The summed E-state index contributed by atoms with van der Waals surface area (Å²) in [5.41, 5.74) is 1.48. The maximum Gasteiger partial charge on any atom is 0.416 e. The van der Waals surface area contributed by atoms with Crippen LogP contribution in [0.25, 0.3) is 11.3 Å². The van der Waals surface area contributed by atoms with Crippen LogP contribution in [-0.4, -0.2) is 35.0 Å². The molecule has 4 rings (SSSR count). The van der Waals surface area contributed by atoms with Crippen molar-refractivity contribution in [3.63, 3.8) is 0 Å². The average Bonchev–Trinajstić information content (AvgIpc) is 2.89. The topological polar surface area (TPSA) is 80.2 Å². The Balaban J connectivity index is 1.64. The van der Waals surface area contributed by atoms with E-state index in [-0.39, 0.29) is 17.1 Å². The van der Waals surface area contributed by atoms with E-state index in [2.05, 4.69) is 20.3 Å². The fourth-order valence-electron chi connectivity index (χ4n) is 3.45. The molecule has 0 aliphatic heterocycles. The van der Waals surface area contributed by atoms with Gasteiger partial charge in [-0.05, 0) is 61.0 Å². The standard InChI is InChI=1S/C26H22F3N5O2/c1-16-9-10-17(24(35)34(3)19-7-4-6-18(15-19)26(27,28)29)14-22(16)36-23-20(8-5-12-31-23)21-11-13-32-25(30-2)33-21/h4-15H,1-3H3,(H,30,32,33). The maximum atomic E-state index is 13.1. The molecule has 0 saturated heterocycles. The summed E-state index contributed by atoms with van der Waals surface area (Å²) >= 11 is 0. The number of ether oxygens (including phenoxy) is 1. The lowest BCUT2D eigenvalue weighted by molar-refractivity contribution is -0.137. The van der Waals surface area contributed by atoms with Gasteiger partial charge in [0.2, 0.25) is 11.8 Å². The predicted octanol–water partition coefficient (Wildman–Crippen LogP) is 5.98. The Morgan fingerprint density at radius 1 is 1.00 bits per heavy atom. The molecule has 0 bridgehead atoms. The van der Waals surface area contributed by atoms with Gasteiger partial charge in [-0.3, -0.25) is 4.79 Å². The summed E-state index contributed by atoms with van der Waals surface area (Å²) in [6.45, 7) is 1.81. The number of hydrogen-bond acceptors (Lipinski definition) is 6. The van der Waals surface area contributed by atoms with Crippen molar-refractivity contribution in [2.75, 3.05) is 24.3 Å². The monoisotopic (exact) mass is 493 g/mol. The van der Waals surface area contributed by atoms with Gasteiger partial charge in [0.15, 0.2) is 0 Å². The van der Waals surface area contributed by atoms with Crippen molar-refractivity contribution in [1.82, 2.24) is 15.0 Å². The number of aryl methyl sites for hydroxylation is 1. The van der Waals surface area contributed by atoms with Crippen molar-refractivity contribution in [3.8, 4) is 22.9 Å². The minimum atomic E-state index is -4.51. The van der Waals surface area contributed by atoms with Gasteiger partial charge in [0.1, 0.15) is 5.75 Å². The number of alkyl halides is 3. The molecule has 1 amide bonds. The fourth-order valence-corrected chi connectivity index (χ4v) is 3.45. The number of nitrogens with zero attached hydrogens (tertiary/aromatic N) is 4. The Hall–Kier alpha value is -4.47. The number of hydrogen-bond donors (Lipinski definition) is 1. The van der Waals surface area contributed by atoms with Gasteiger partial charge in [0.05, 0.1) is 16.8 Å². The van der Waals surface area contributed by atoms with Crippen LogP contribution in [0.4, 0.5) is 24.8 Å². The number of carbonyl (C=O) groups excluding carboxylic acids is 1. The van der Waals surface area contributed by atoms with Gasteiger partial charge in [-0.1, -0.05) is 12.1 Å². The van der Waals surface area contributed by atoms with Gasteiger partial charge in [-0.25, -0.2) is 15.0 Å². The van der Waals surface area contributed by atoms with Gasteiger partial charge in [-0.15, -0.1) is 0 Å². The van der Waals surface area contributed by atoms with Crippen molar-refractivity contribution in [2.24, 2.45) is 0 Å². The molecule has 2 heterocycles. The molecule has 0 atom stereocenters. The third-order valence-corrected chi connectivity index (χ3v) is 5.43. The second-order valence-electron chi connectivity index (χ2n) is 7.87. The highest BCUT2D eigenvalue weighted by molar-refractivity contribution is 6.06. The van der Waals surface area contributed by atoms with E-state index in [1.54, 1.807) is 55.8 Å². The van der Waals surface area contributed by atoms with E-state index in [0.29, 0.717) is 23.0 Å². The van der Waals surface area contributed by atoms with Crippen LogP contribution in [0.3, 0.4) is 0 Å². The minimum absolute atomic E-state index is 0.119. The Morgan fingerprint density at radius 2 is 1.81 bits per heavy atom. The summed E-state index contributed by atoms with van der Waals surface area (Å²) in [5.74, 6) is 0.594. The van der Waals surface area contributed by atoms with Crippen LogP contribution in [0.15, 0.2) is 73.1 Å². The molecule has 0 radical (unpaired) electrons. The number of amides is 1. The molecule has 1 N–H and O–H groups in total. The summed E-state index contributed by atoms with van der Waals surface area (Å²) in [7, 11) is 3.13. The number of anilines is 2. The number of aromatic nitrogens is 3. The van der Waals surface area contributed by atoms with Gasteiger partial charge < -0.3 is 15.0 Å². The lowest BCUT2D eigenvalue weighted by atomic mass is 10.1. The molecule has 4 aromatic rings. The van der Waals surface area contributed by atoms with Crippen molar-refractivity contribution in [3.05, 3.63) is 89.7 Å². The summed E-state index contributed by atoms with van der Waals surface area (Å²) in [6.07, 6.45) is -1.33. The van der Waals surface area contributed by atoms with E-state index < -0.39 is 17.6 Å². The molecule has 36 heavy (non-hydrogen) atoms. The van der Waals surface area contributed by atoms with E-state index >= 15 is 0 Å². The molecular formula is C26H22F3N5O2. The van der Waals surface area contributed by atoms with E-state index in [1.807, 2.05) is 6.92 Å². The van der Waals surface area contributed by atoms with Crippen molar-refractivity contribution >= 4 is 17.5 Å². The SMILES string of the molecule is CNc1nccc(-c2cccnc2Oc2cc(C(=O)N(C)c3cccc(C(F)(F)F)c3)ccc2C)n1. The molecule has 10 heteroatoms. The smallest absolute Gasteiger partial charge is 0.416 e. The fraction of sp³-hybridized carbons (Fsp3) is 0.154. The van der Waals surface area contributed by atoms with Crippen LogP contribution < -0.4 is 15.0 Å². The molecule has 0 unspecified atom stereocenters. The second kappa shape index (κ2) is 10.0. The Labute approximate surface area is 205 Å². The van der Waals surface area contributed by atoms with Crippen LogP contribution in [0, 0.1) is 6.92 Å². The van der Waals surface area contributed by atoms with E-state index in [0.717, 1.165) is 22.6 Å². The minimum Gasteiger partial charge on any atom is -0.438 e. The van der Waals surface area contributed by atoms with Gasteiger partial charge in [0.25, 0.3) is 5.91 Å². The van der Waals surface area contributed by atoms with Crippen molar-refractivity contribution in [2.45, 2.75) is 13.1 Å². The van der Waals surface area contributed by atoms with Crippen molar-refractivity contribution in [1.29, 1.82) is 0 Å². The summed E-state index contributed by atoms with van der Waals surface area (Å²) < 4.78 is 45.5. The molecule has 0 fully saturated rings. The number of nitrogens with one attached hydrogen (secondary N) is 1. The highest BCUT2D eigenvalue weighted by atomic mass is 19.4. The lowest BCUT2D eigenvalue weighted by Crippen LogP contribution is -2.26. The molecule has 0 saturated carbocycles. The summed E-state index contributed by atoms with van der Waals surface area (Å²) in [5, 5.41) is 2.88. The predicted molar refractivity (Wildman–Crippen MR) is 130 cm³/mol. The number of pyridine rings is 1. The van der Waals surface area contributed by atoms with Crippen molar-refractivity contribution < 1.29 is 22.7 Å². The van der Waals surface area contributed by atoms with Crippen LogP contribution >= 0.6 is 0 Å². The quantitative estimate of drug-likeness (QED) is 0.356. The average molecular weight is 493 g/mol. The van der Waals surface area contributed by atoms with Gasteiger partial charge in [0, 0.05) is 37.7 Å². The van der Waals surface area contributed by atoms with E-state index in [4.69, 9.17) is 4.74 Å². The van der Waals surface area contributed by atoms with Gasteiger partial charge >= 0.3 is 6.18 Å². The second-order valence-corrected chi connectivity index (χ2v) is 7.87. The number of carbonyl (C=O) groups is 1. The highest BCUT2D eigenvalue weighted by Gasteiger charge is 2.31. The molecule has 2 aromatic heterocycles. The van der Waals surface area contributed by atoms with E-state index in [1.165, 1.54) is 19.2 Å². The number of halogens is 3. The Bertz CT molecular complexity index is 1410.